The summed E-state index contributed by atoms with van der Waals surface area (Å²) in [5.41, 5.74) is 0.615. The van der Waals surface area contributed by atoms with E-state index in [4.69, 9.17) is 9.47 Å². The molecule has 166 valence electrons. The van der Waals surface area contributed by atoms with E-state index >= 15 is 0 Å². The van der Waals surface area contributed by atoms with Crippen molar-refractivity contribution in [2.24, 2.45) is 11.8 Å². The third kappa shape index (κ3) is 6.81. The first-order valence-corrected chi connectivity index (χ1v) is 10.4. The highest BCUT2D eigenvalue weighted by atomic mass is 16.7. The second-order valence-electron chi connectivity index (χ2n) is 8.36. The molecule has 1 heterocycles. The maximum Gasteiger partial charge on any atom is 0.336 e. The molecule has 1 saturated heterocycles. The van der Waals surface area contributed by atoms with Gasteiger partial charge in [0.15, 0.2) is 18.5 Å². The molecule has 1 aliphatic heterocycles. The van der Waals surface area contributed by atoms with E-state index in [9.17, 15) is 19.5 Å². The molecule has 2 rings (SSSR count). The average molecular weight is 421 g/mol. The van der Waals surface area contributed by atoms with Crippen LogP contribution in [0.4, 0.5) is 0 Å². The zero-order valence-corrected chi connectivity index (χ0v) is 18.0. The molecule has 0 spiro atoms. The van der Waals surface area contributed by atoms with E-state index in [0.29, 0.717) is 24.4 Å². The van der Waals surface area contributed by atoms with E-state index in [1.54, 1.807) is 24.3 Å². The SMILES string of the molecule is CC(C)CCNC(=O)[C@H](CC(C)C)NC(=O)[C@@H]1OC(c2ccccc2)O[C@H]1C(=O)O. The van der Waals surface area contributed by atoms with Crippen molar-refractivity contribution in [1.29, 1.82) is 0 Å². The molecule has 1 aliphatic rings. The van der Waals surface area contributed by atoms with E-state index in [1.165, 1.54) is 0 Å². The van der Waals surface area contributed by atoms with Gasteiger partial charge in [0.25, 0.3) is 5.91 Å². The standard InChI is InChI=1S/C22H32N2O6/c1-13(2)10-11-23-19(25)16(12-14(3)4)24-20(26)17-18(21(27)28)30-22(29-17)15-8-6-5-7-9-15/h5-9,13-14,16-18,22H,10-12H2,1-4H3,(H,23,25)(H,24,26)(H,27,28)/t16-,17+,18+,22?/m0/s1. The van der Waals surface area contributed by atoms with Gasteiger partial charge in [0, 0.05) is 12.1 Å². The van der Waals surface area contributed by atoms with Crippen molar-refractivity contribution in [1.82, 2.24) is 10.6 Å². The van der Waals surface area contributed by atoms with Crippen LogP contribution in [0.3, 0.4) is 0 Å². The molecule has 30 heavy (non-hydrogen) atoms. The fourth-order valence-electron chi connectivity index (χ4n) is 3.16. The van der Waals surface area contributed by atoms with E-state index in [1.807, 2.05) is 19.9 Å². The lowest BCUT2D eigenvalue weighted by atomic mass is 10.0. The maximum atomic E-state index is 12.9. The Morgan fingerprint density at radius 3 is 2.20 bits per heavy atom. The second-order valence-corrected chi connectivity index (χ2v) is 8.36. The Balaban J connectivity index is 2.08. The van der Waals surface area contributed by atoms with Gasteiger partial charge in [0.1, 0.15) is 6.04 Å². The molecular weight excluding hydrogens is 388 g/mol. The molecule has 0 aliphatic carbocycles. The molecule has 1 unspecified atom stereocenters. The van der Waals surface area contributed by atoms with Crippen molar-refractivity contribution in [3.8, 4) is 0 Å². The topological polar surface area (TPSA) is 114 Å². The summed E-state index contributed by atoms with van der Waals surface area (Å²) in [6, 6.07) is 8.03. The molecule has 1 aromatic carbocycles. The number of carboxylic acids is 1. The lowest BCUT2D eigenvalue weighted by molar-refractivity contribution is -0.152. The molecule has 0 aromatic heterocycles. The van der Waals surface area contributed by atoms with Crippen LogP contribution in [-0.2, 0) is 23.9 Å². The van der Waals surface area contributed by atoms with Crippen LogP contribution in [0.1, 0.15) is 52.4 Å². The molecule has 3 N–H and O–H groups in total. The van der Waals surface area contributed by atoms with Gasteiger partial charge >= 0.3 is 5.97 Å². The smallest absolute Gasteiger partial charge is 0.336 e. The van der Waals surface area contributed by atoms with Crippen LogP contribution in [0.2, 0.25) is 0 Å². The van der Waals surface area contributed by atoms with Crippen LogP contribution in [0.15, 0.2) is 30.3 Å². The lowest BCUT2D eigenvalue weighted by Gasteiger charge is -2.22. The van der Waals surface area contributed by atoms with Crippen LogP contribution in [0.5, 0.6) is 0 Å². The van der Waals surface area contributed by atoms with Crippen molar-refractivity contribution in [3.63, 3.8) is 0 Å². The summed E-state index contributed by atoms with van der Waals surface area (Å²) in [4.78, 5) is 37.1. The van der Waals surface area contributed by atoms with Crippen molar-refractivity contribution in [2.75, 3.05) is 6.54 Å². The van der Waals surface area contributed by atoms with Gasteiger partial charge in [-0.3, -0.25) is 9.59 Å². The first-order valence-electron chi connectivity index (χ1n) is 10.4. The molecule has 2 amide bonds. The predicted octanol–water partition coefficient (Wildman–Crippen LogP) is 2.25. The number of carboxylic acid groups (broad SMARTS) is 1. The van der Waals surface area contributed by atoms with E-state index in [0.717, 1.165) is 6.42 Å². The quantitative estimate of drug-likeness (QED) is 0.535. The molecule has 8 heteroatoms. The number of hydrogen-bond donors (Lipinski definition) is 3. The summed E-state index contributed by atoms with van der Waals surface area (Å²) in [6.07, 6.45) is -2.53. The fraction of sp³-hybridized carbons (Fsp3) is 0.591. The number of aliphatic carboxylic acids is 1. The molecular formula is C22H32N2O6. The van der Waals surface area contributed by atoms with Gasteiger partial charge in [-0.15, -0.1) is 0 Å². The highest BCUT2D eigenvalue weighted by Crippen LogP contribution is 2.31. The van der Waals surface area contributed by atoms with Crippen LogP contribution >= 0.6 is 0 Å². The predicted molar refractivity (Wildman–Crippen MR) is 110 cm³/mol. The van der Waals surface area contributed by atoms with Crippen LogP contribution in [0, 0.1) is 11.8 Å². The summed E-state index contributed by atoms with van der Waals surface area (Å²) in [5, 5.41) is 15.0. The van der Waals surface area contributed by atoms with Crippen molar-refractivity contribution in [3.05, 3.63) is 35.9 Å². The Morgan fingerprint density at radius 2 is 1.63 bits per heavy atom. The molecule has 0 bridgehead atoms. The number of carbonyl (C=O) groups is 3. The monoisotopic (exact) mass is 420 g/mol. The van der Waals surface area contributed by atoms with Crippen molar-refractivity contribution < 1.29 is 29.0 Å². The largest absolute Gasteiger partial charge is 0.479 e. The zero-order chi connectivity index (χ0) is 22.3. The van der Waals surface area contributed by atoms with Crippen molar-refractivity contribution in [2.45, 2.75) is 65.1 Å². The van der Waals surface area contributed by atoms with Crippen LogP contribution < -0.4 is 10.6 Å². The first-order chi connectivity index (χ1) is 14.2. The van der Waals surface area contributed by atoms with Crippen LogP contribution in [-0.4, -0.2) is 47.7 Å². The minimum absolute atomic E-state index is 0.152. The third-order valence-electron chi connectivity index (χ3n) is 4.75. The number of amides is 2. The normalized spacial score (nSPS) is 22.1. The molecule has 1 fully saturated rings. The number of hydrogen-bond acceptors (Lipinski definition) is 5. The Kier molecular flexibility index (Phi) is 8.80. The van der Waals surface area contributed by atoms with Crippen LogP contribution in [0.25, 0.3) is 0 Å². The van der Waals surface area contributed by atoms with E-state index in [-0.39, 0.29) is 11.8 Å². The van der Waals surface area contributed by atoms with Gasteiger partial charge in [-0.25, -0.2) is 4.79 Å². The Morgan fingerprint density at radius 1 is 1.00 bits per heavy atom. The van der Waals surface area contributed by atoms with Gasteiger partial charge in [-0.1, -0.05) is 58.0 Å². The molecule has 4 atom stereocenters. The number of nitrogens with one attached hydrogen (secondary N) is 2. The molecule has 1 aromatic rings. The summed E-state index contributed by atoms with van der Waals surface area (Å²) in [6.45, 7) is 8.53. The Hall–Kier alpha value is -2.45. The van der Waals surface area contributed by atoms with Gasteiger partial charge < -0.3 is 25.2 Å². The Labute approximate surface area is 177 Å². The number of benzene rings is 1. The molecule has 0 radical (unpaired) electrons. The molecule has 8 nitrogen and oxygen atoms in total. The summed E-state index contributed by atoms with van der Waals surface area (Å²) in [5.74, 6) is -1.66. The fourth-order valence-corrected chi connectivity index (χ4v) is 3.16. The number of ether oxygens (including phenoxy) is 2. The van der Waals surface area contributed by atoms with Gasteiger partial charge in [-0.2, -0.15) is 0 Å². The highest BCUT2D eigenvalue weighted by Gasteiger charge is 2.46. The van der Waals surface area contributed by atoms with Gasteiger partial charge in [0.2, 0.25) is 5.91 Å². The van der Waals surface area contributed by atoms with E-state index < -0.39 is 36.4 Å². The minimum Gasteiger partial charge on any atom is -0.479 e. The average Bonchev–Trinajstić information content (AvgIpc) is 3.13. The van der Waals surface area contributed by atoms with Gasteiger partial charge in [-0.05, 0) is 24.7 Å². The lowest BCUT2D eigenvalue weighted by Crippen LogP contribution is -2.53. The van der Waals surface area contributed by atoms with E-state index in [2.05, 4.69) is 24.5 Å². The maximum absolute atomic E-state index is 12.9. The summed E-state index contributed by atoms with van der Waals surface area (Å²) >= 11 is 0. The van der Waals surface area contributed by atoms with Gasteiger partial charge in [0.05, 0.1) is 0 Å². The number of carbonyl (C=O) groups excluding carboxylic acids is 2. The highest BCUT2D eigenvalue weighted by molar-refractivity contribution is 5.92. The molecule has 0 saturated carbocycles. The summed E-state index contributed by atoms with van der Waals surface area (Å²) < 4.78 is 11.1. The summed E-state index contributed by atoms with van der Waals surface area (Å²) in [7, 11) is 0. The van der Waals surface area contributed by atoms with Crippen molar-refractivity contribution >= 4 is 17.8 Å². The third-order valence-corrected chi connectivity index (χ3v) is 4.75. The zero-order valence-electron chi connectivity index (χ0n) is 18.0. The second kappa shape index (κ2) is 11.1. The number of rotatable bonds is 10. The first kappa shape index (κ1) is 23.8. The Bertz CT molecular complexity index is 722. The minimum atomic E-state index is -1.46.